The summed E-state index contributed by atoms with van der Waals surface area (Å²) in [7, 11) is 0. The van der Waals surface area contributed by atoms with E-state index < -0.39 is 0 Å². The van der Waals surface area contributed by atoms with Crippen LogP contribution < -0.4 is 0 Å². The van der Waals surface area contributed by atoms with Crippen LogP contribution in [0.25, 0.3) is 120 Å². The van der Waals surface area contributed by atoms with E-state index in [1.807, 2.05) is 12.3 Å². The Labute approximate surface area is 321 Å². The molecule has 0 aliphatic rings. The lowest BCUT2D eigenvalue weighted by molar-refractivity contribution is 1.08. The maximum Gasteiger partial charge on any atom is 0.137 e. The van der Waals surface area contributed by atoms with Gasteiger partial charge in [-0.25, -0.2) is 4.98 Å². The minimum absolute atomic E-state index is 0.919. The molecule has 0 saturated heterocycles. The fourth-order valence-electron chi connectivity index (χ4n) is 9.86. The zero-order chi connectivity index (χ0) is 36.5. The molecule has 0 amide bonds. The van der Waals surface area contributed by atoms with Crippen molar-refractivity contribution in [2.45, 2.75) is 0 Å². The molecule has 0 aliphatic carbocycles. The third kappa shape index (κ3) is 3.98. The van der Waals surface area contributed by atoms with Gasteiger partial charge in [0.25, 0.3) is 0 Å². The standard InChI is InChI=1S/C53H31N3/c1-2-13-40-38(11-1)39-12-3-4-14-41(39)45-30-36(23-25-42(40)45)33-19-20-35-29-37(24-21-34(35)28-33)55-47-17-9-10-32-22-26-44-52-43-15-5-6-16-46(43)56(50-18-7-8-27-54-50)48(52)31-49(55)53(44)51(32)47/h1-31H. The van der Waals surface area contributed by atoms with Gasteiger partial charge in [-0.3, -0.25) is 4.57 Å². The van der Waals surface area contributed by atoms with Crippen LogP contribution in [-0.2, 0) is 0 Å². The summed E-state index contributed by atoms with van der Waals surface area (Å²) >= 11 is 0. The first kappa shape index (κ1) is 29.9. The number of nitrogens with zero attached hydrogens (tertiary/aromatic N) is 3. The van der Waals surface area contributed by atoms with Crippen LogP contribution in [0.4, 0.5) is 0 Å². The Balaban J connectivity index is 1.02. The third-order valence-corrected chi connectivity index (χ3v) is 12.3. The summed E-state index contributed by atoms with van der Waals surface area (Å²) in [6, 6.07) is 67.0. The van der Waals surface area contributed by atoms with Crippen LogP contribution in [0.5, 0.6) is 0 Å². The van der Waals surface area contributed by atoms with Gasteiger partial charge in [-0.15, -0.1) is 0 Å². The fourth-order valence-corrected chi connectivity index (χ4v) is 9.86. The van der Waals surface area contributed by atoms with Crippen molar-refractivity contribution >= 4 is 97.5 Å². The Bertz CT molecular complexity index is 3720. The molecule has 0 aliphatic heterocycles. The number of fused-ring (bicyclic) bond motifs is 11. The van der Waals surface area contributed by atoms with Crippen LogP contribution in [0.1, 0.15) is 0 Å². The van der Waals surface area contributed by atoms with Crippen LogP contribution >= 0.6 is 0 Å². The second-order valence-corrected chi connectivity index (χ2v) is 15.1. The second-order valence-electron chi connectivity index (χ2n) is 15.1. The Morgan fingerprint density at radius 1 is 0.304 bits per heavy atom. The van der Waals surface area contributed by atoms with Crippen molar-refractivity contribution < 1.29 is 0 Å². The molecule has 258 valence electrons. The van der Waals surface area contributed by atoms with Crippen molar-refractivity contribution in [3.05, 3.63) is 188 Å². The van der Waals surface area contributed by atoms with Gasteiger partial charge in [0.15, 0.2) is 0 Å². The molecule has 10 aromatic carbocycles. The van der Waals surface area contributed by atoms with E-state index in [0.717, 1.165) is 22.5 Å². The highest BCUT2D eigenvalue weighted by molar-refractivity contribution is 6.34. The Morgan fingerprint density at radius 3 is 1.71 bits per heavy atom. The number of aromatic nitrogens is 3. The van der Waals surface area contributed by atoms with Gasteiger partial charge in [-0.1, -0.05) is 127 Å². The van der Waals surface area contributed by atoms with Crippen molar-refractivity contribution in [3.8, 4) is 22.6 Å². The first-order valence-corrected chi connectivity index (χ1v) is 19.3. The van der Waals surface area contributed by atoms with Gasteiger partial charge in [0.2, 0.25) is 0 Å². The van der Waals surface area contributed by atoms with E-state index in [9.17, 15) is 0 Å². The van der Waals surface area contributed by atoms with Gasteiger partial charge in [0, 0.05) is 33.4 Å². The molecular formula is C53H31N3. The lowest BCUT2D eigenvalue weighted by Crippen LogP contribution is -1.97. The molecule has 0 saturated carbocycles. The zero-order valence-corrected chi connectivity index (χ0v) is 30.2. The smallest absolute Gasteiger partial charge is 0.137 e. The molecule has 3 nitrogen and oxygen atoms in total. The molecule has 13 rings (SSSR count). The molecule has 0 N–H and O–H groups in total. The molecule has 0 atom stereocenters. The highest BCUT2D eigenvalue weighted by atomic mass is 15.1. The molecule has 0 unspecified atom stereocenters. The van der Waals surface area contributed by atoms with Gasteiger partial charge in [-0.2, -0.15) is 0 Å². The Kier molecular flexibility index (Phi) is 5.89. The van der Waals surface area contributed by atoms with Gasteiger partial charge in [0.1, 0.15) is 5.82 Å². The number of para-hydroxylation sites is 1. The lowest BCUT2D eigenvalue weighted by atomic mass is 9.91. The zero-order valence-electron chi connectivity index (χ0n) is 30.2. The lowest BCUT2D eigenvalue weighted by Gasteiger charge is -2.13. The van der Waals surface area contributed by atoms with E-state index in [4.69, 9.17) is 4.98 Å². The summed E-state index contributed by atoms with van der Waals surface area (Å²) in [5.41, 5.74) is 8.34. The first-order valence-electron chi connectivity index (χ1n) is 19.3. The molecule has 3 aromatic heterocycles. The van der Waals surface area contributed by atoms with E-state index in [-0.39, 0.29) is 0 Å². The quantitative estimate of drug-likeness (QED) is 0.168. The maximum absolute atomic E-state index is 4.83. The molecule has 0 bridgehead atoms. The van der Waals surface area contributed by atoms with Crippen LogP contribution in [0.2, 0.25) is 0 Å². The largest absolute Gasteiger partial charge is 0.309 e. The van der Waals surface area contributed by atoms with Gasteiger partial charge in [0.05, 0.1) is 22.1 Å². The molecule has 13 aromatic rings. The average Bonchev–Trinajstić information content (AvgIpc) is 3.79. The number of pyridine rings is 1. The van der Waals surface area contributed by atoms with E-state index in [2.05, 4.69) is 185 Å². The second kappa shape index (κ2) is 11.0. The molecule has 3 heteroatoms. The molecule has 3 heterocycles. The summed E-state index contributed by atoms with van der Waals surface area (Å²) in [4.78, 5) is 4.83. The van der Waals surface area contributed by atoms with E-state index in [1.54, 1.807) is 0 Å². The van der Waals surface area contributed by atoms with E-state index in [1.165, 1.54) is 97.6 Å². The monoisotopic (exact) mass is 709 g/mol. The average molecular weight is 710 g/mol. The Hall–Kier alpha value is -7.49. The van der Waals surface area contributed by atoms with Crippen molar-refractivity contribution in [3.63, 3.8) is 0 Å². The highest BCUT2D eigenvalue weighted by Crippen LogP contribution is 2.46. The molecule has 0 radical (unpaired) electrons. The van der Waals surface area contributed by atoms with Crippen molar-refractivity contribution in [2.24, 2.45) is 0 Å². The normalized spacial score (nSPS) is 12.3. The maximum atomic E-state index is 4.83. The van der Waals surface area contributed by atoms with Gasteiger partial charge < -0.3 is 4.57 Å². The summed E-state index contributed by atoms with van der Waals surface area (Å²) in [6.07, 6.45) is 1.88. The number of rotatable bonds is 3. The molecular weight excluding hydrogens is 679 g/mol. The summed E-state index contributed by atoms with van der Waals surface area (Å²) < 4.78 is 4.79. The predicted molar refractivity (Wildman–Crippen MR) is 237 cm³/mol. The van der Waals surface area contributed by atoms with Crippen LogP contribution in [0, 0.1) is 0 Å². The van der Waals surface area contributed by atoms with Crippen molar-refractivity contribution in [1.82, 2.24) is 14.1 Å². The summed E-state index contributed by atoms with van der Waals surface area (Å²) in [6.45, 7) is 0. The van der Waals surface area contributed by atoms with E-state index in [0.29, 0.717) is 0 Å². The number of hydrogen-bond donors (Lipinski definition) is 0. The van der Waals surface area contributed by atoms with E-state index >= 15 is 0 Å². The molecule has 0 fully saturated rings. The fraction of sp³-hybridized carbons (Fsp3) is 0. The number of benzene rings is 10. The van der Waals surface area contributed by atoms with Crippen molar-refractivity contribution in [1.29, 1.82) is 0 Å². The number of hydrogen-bond acceptors (Lipinski definition) is 1. The minimum Gasteiger partial charge on any atom is -0.309 e. The van der Waals surface area contributed by atoms with Crippen LogP contribution in [-0.4, -0.2) is 14.1 Å². The molecule has 56 heavy (non-hydrogen) atoms. The first-order chi connectivity index (χ1) is 27.8. The Morgan fingerprint density at radius 2 is 0.911 bits per heavy atom. The third-order valence-electron chi connectivity index (χ3n) is 12.3. The molecule has 0 spiro atoms. The summed E-state index contributed by atoms with van der Waals surface area (Å²) in [5, 5.41) is 17.9. The minimum atomic E-state index is 0.919. The van der Waals surface area contributed by atoms with Crippen molar-refractivity contribution in [2.75, 3.05) is 0 Å². The predicted octanol–water partition coefficient (Wildman–Crippen LogP) is 14.1. The summed E-state index contributed by atoms with van der Waals surface area (Å²) in [5.74, 6) is 0.919. The SMILES string of the molecule is c1ccc(-n2c3ccccc3c3c4ccc5cccc6c5c4c(cc32)n6-c2ccc3cc(-c4ccc5c6ccccc6c6ccccc6c5c4)ccc3c2)nc1. The highest BCUT2D eigenvalue weighted by Gasteiger charge is 2.23. The van der Waals surface area contributed by atoms with Crippen LogP contribution in [0.3, 0.4) is 0 Å². The van der Waals surface area contributed by atoms with Gasteiger partial charge in [-0.05, 0) is 120 Å². The topological polar surface area (TPSA) is 22.8 Å². The van der Waals surface area contributed by atoms with Crippen LogP contribution in [0.15, 0.2) is 188 Å². The van der Waals surface area contributed by atoms with Gasteiger partial charge >= 0.3 is 0 Å².